The summed E-state index contributed by atoms with van der Waals surface area (Å²) >= 11 is 0. The highest BCUT2D eigenvalue weighted by atomic mass is 19.4. The summed E-state index contributed by atoms with van der Waals surface area (Å²) in [4.78, 5) is 32.1. The molecule has 6 rings (SSSR count). The van der Waals surface area contributed by atoms with Crippen LogP contribution in [0.15, 0.2) is 83.3 Å². The second kappa shape index (κ2) is 12.8. The van der Waals surface area contributed by atoms with E-state index in [1.165, 1.54) is 4.90 Å². The number of carbonyl (C=O) groups excluding carboxylic acids is 2. The number of nitrogens with zero attached hydrogens (tertiary/aromatic N) is 3. The summed E-state index contributed by atoms with van der Waals surface area (Å²) in [5, 5.41) is 12.3. The lowest BCUT2D eigenvalue weighted by Gasteiger charge is -2.22. The Labute approximate surface area is 281 Å². The number of alkyl halides is 3. The Hall–Kier alpha value is -5.63. The molecule has 2 amide bonds. The molecule has 0 spiro atoms. The molecule has 0 bridgehead atoms. The third kappa shape index (κ3) is 6.99. The molecular formula is C38H33F3N4O4. The van der Waals surface area contributed by atoms with E-state index in [-0.39, 0.29) is 31.5 Å². The number of nitrogens with one attached hydrogen (secondary N) is 1. The van der Waals surface area contributed by atoms with Crippen molar-refractivity contribution in [2.45, 2.75) is 51.9 Å². The number of aryl methyl sites for hydroxylation is 1. The Balaban J connectivity index is 1.12. The Morgan fingerprint density at radius 1 is 1.06 bits per heavy atom. The molecule has 1 fully saturated rings. The molecule has 1 aliphatic rings. The van der Waals surface area contributed by atoms with Crippen molar-refractivity contribution in [1.29, 1.82) is 5.26 Å². The van der Waals surface area contributed by atoms with Crippen LogP contribution >= 0.6 is 0 Å². The van der Waals surface area contributed by atoms with Crippen molar-refractivity contribution >= 4 is 23.1 Å². The number of hydrogen-bond acceptors (Lipinski definition) is 6. The topological polar surface area (TPSA) is 108 Å². The van der Waals surface area contributed by atoms with Crippen LogP contribution in [-0.2, 0) is 17.5 Å². The van der Waals surface area contributed by atoms with E-state index < -0.39 is 23.4 Å². The zero-order valence-electron chi connectivity index (χ0n) is 27.3. The maximum absolute atomic E-state index is 13.5. The first kappa shape index (κ1) is 33.3. The van der Waals surface area contributed by atoms with Crippen molar-refractivity contribution < 1.29 is 31.9 Å². The molecule has 5 aromatic rings. The van der Waals surface area contributed by atoms with Gasteiger partial charge in [-0.3, -0.25) is 9.69 Å². The quantitative estimate of drug-likeness (QED) is 0.178. The number of amides is 2. The highest BCUT2D eigenvalue weighted by Gasteiger charge is 2.42. The molecule has 11 heteroatoms. The van der Waals surface area contributed by atoms with Crippen LogP contribution in [0, 0.1) is 18.3 Å². The molecule has 1 unspecified atom stereocenters. The van der Waals surface area contributed by atoms with Gasteiger partial charge >= 0.3 is 12.3 Å². The maximum atomic E-state index is 13.5. The zero-order valence-corrected chi connectivity index (χ0v) is 27.3. The Morgan fingerprint density at radius 3 is 2.49 bits per heavy atom. The molecule has 49 heavy (non-hydrogen) atoms. The second-order valence-corrected chi connectivity index (χ2v) is 12.9. The summed E-state index contributed by atoms with van der Waals surface area (Å²) in [5.74, 6) is 0.125. The third-order valence-corrected chi connectivity index (χ3v) is 8.50. The van der Waals surface area contributed by atoms with Crippen molar-refractivity contribution in [3.8, 4) is 28.7 Å². The fraction of sp³-hybridized carbons (Fsp3) is 0.263. The molecule has 0 saturated carbocycles. The molecule has 1 aliphatic heterocycles. The molecule has 0 radical (unpaired) electrons. The number of aromatic nitrogens is 1. The summed E-state index contributed by atoms with van der Waals surface area (Å²) in [5.41, 5.74) is 3.98. The summed E-state index contributed by atoms with van der Waals surface area (Å²) < 4.78 is 52.4. The van der Waals surface area contributed by atoms with Crippen LogP contribution in [0.4, 0.5) is 18.0 Å². The van der Waals surface area contributed by atoms with Crippen LogP contribution < -0.4 is 5.32 Å². The molecule has 250 valence electrons. The summed E-state index contributed by atoms with van der Waals surface area (Å²) in [6, 6.07) is 23.3. The minimum Gasteiger partial charge on any atom is -0.439 e. The Bertz CT molecular complexity index is 2110. The first-order chi connectivity index (χ1) is 23.2. The minimum absolute atomic E-state index is 0.0363. The number of nitriles is 1. The van der Waals surface area contributed by atoms with Gasteiger partial charge in [0.25, 0.3) is 5.91 Å². The number of cyclic esters (lactones) is 1. The Morgan fingerprint density at radius 2 is 1.80 bits per heavy atom. The molecular weight excluding hydrogens is 633 g/mol. The van der Waals surface area contributed by atoms with Crippen molar-refractivity contribution in [3.05, 3.63) is 112 Å². The van der Waals surface area contributed by atoms with Gasteiger partial charge in [0, 0.05) is 23.2 Å². The number of hydrogen-bond donors (Lipinski definition) is 1. The van der Waals surface area contributed by atoms with Crippen LogP contribution in [0.3, 0.4) is 0 Å². The van der Waals surface area contributed by atoms with E-state index in [0.29, 0.717) is 55.9 Å². The van der Waals surface area contributed by atoms with E-state index in [4.69, 9.17) is 9.15 Å². The SMILES string of the molecule is Cc1cc(-c2ccccc2CN2CC(C)(CNC(=O)c3ccc(-c4nc5cc(C#N)cc(C(C)C)c5o4)cc3)OC2=O)cc(C(F)(F)F)c1. The highest BCUT2D eigenvalue weighted by molar-refractivity contribution is 5.94. The Kier molecular flexibility index (Phi) is 8.67. The third-order valence-electron chi connectivity index (χ3n) is 8.50. The van der Waals surface area contributed by atoms with Gasteiger partial charge in [0.05, 0.1) is 30.3 Å². The summed E-state index contributed by atoms with van der Waals surface area (Å²) in [7, 11) is 0. The van der Waals surface area contributed by atoms with E-state index in [2.05, 4.69) is 16.4 Å². The lowest BCUT2D eigenvalue weighted by molar-refractivity contribution is -0.137. The van der Waals surface area contributed by atoms with Gasteiger partial charge in [0.1, 0.15) is 11.1 Å². The molecule has 2 heterocycles. The monoisotopic (exact) mass is 666 g/mol. The fourth-order valence-electron chi connectivity index (χ4n) is 6.05. The van der Waals surface area contributed by atoms with E-state index in [1.54, 1.807) is 80.6 Å². The number of fused-ring (bicyclic) bond motifs is 1. The van der Waals surface area contributed by atoms with Crippen LogP contribution in [0.1, 0.15) is 64.9 Å². The van der Waals surface area contributed by atoms with Gasteiger partial charge in [-0.05, 0) is 90.6 Å². The molecule has 8 nitrogen and oxygen atoms in total. The predicted octanol–water partition coefficient (Wildman–Crippen LogP) is 8.63. The van der Waals surface area contributed by atoms with Gasteiger partial charge in [-0.25, -0.2) is 9.78 Å². The van der Waals surface area contributed by atoms with Gasteiger partial charge < -0.3 is 14.5 Å². The number of oxazole rings is 1. The van der Waals surface area contributed by atoms with E-state index in [0.717, 1.165) is 17.7 Å². The van der Waals surface area contributed by atoms with E-state index in [9.17, 15) is 28.0 Å². The largest absolute Gasteiger partial charge is 0.439 e. The number of carbonyl (C=O) groups is 2. The molecule has 1 atom stereocenters. The van der Waals surface area contributed by atoms with Gasteiger partial charge in [0.2, 0.25) is 5.89 Å². The smallest absolute Gasteiger partial charge is 0.416 e. The number of benzene rings is 4. The van der Waals surface area contributed by atoms with Gasteiger partial charge in [-0.1, -0.05) is 44.2 Å². The first-order valence-corrected chi connectivity index (χ1v) is 15.7. The predicted molar refractivity (Wildman–Crippen MR) is 177 cm³/mol. The van der Waals surface area contributed by atoms with Crippen LogP contribution in [-0.4, -0.2) is 40.6 Å². The summed E-state index contributed by atoms with van der Waals surface area (Å²) in [6.45, 7) is 7.66. The average Bonchev–Trinajstić information content (AvgIpc) is 3.62. The van der Waals surface area contributed by atoms with Gasteiger partial charge in [0.15, 0.2) is 5.58 Å². The summed E-state index contributed by atoms with van der Waals surface area (Å²) in [6.07, 6.45) is -5.08. The maximum Gasteiger partial charge on any atom is 0.416 e. The molecule has 0 aliphatic carbocycles. The highest BCUT2D eigenvalue weighted by Crippen LogP contribution is 2.36. The fourth-order valence-corrected chi connectivity index (χ4v) is 6.05. The van der Waals surface area contributed by atoms with Crippen LogP contribution in [0.25, 0.3) is 33.7 Å². The van der Waals surface area contributed by atoms with Gasteiger partial charge in [-0.15, -0.1) is 0 Å². The van der Waals surface area contributed by atoms with Crippen LogP contribution in [0.2, 0.25) is 0 Å². The lowest BCUT2D eigenvalue weighted by atomic mass is 9.95. The normalized spacial score (nSPS) is 16.2. The number of ether oxygens (including phenoxy) is 1. The van der Waals surface area contributed by atoms with Crippen molar-refractivity contribution in [2.24, 2.45) is 0 Å². The lowest BCUT2D eigenvalue weighted by Crippen LogP contribution is -2.43. The standard InChI is InChI=1S/C38H33F3N4O4/c1-22(2)31-15-24(18-42)16-32-33(31)48-35(44-32)26-11-9-25(10-12-26)34(46)43-20-37(4)21-45(36(47)49-37)19-27-7-5-6-8-30(27)28-13-23(3)14-29(17-28)38(39,40)41/h5-17,22H,19-21H2,1-4H3,(H,43,46). The minimum atomic E-state index is -4.49. The van der Waals surface area contributed by atoms with Crippen molar-refractivity contribution in [3.63, 3.8) is 0 Å². The van der Waals surface area contributed by atoms with E-state index in [1.807, 2.05) is 13.8 Å². The molecule has 1 saturated heterocycles. The second-order valence-electron chi connectivity index (χ2n) is 12.9. The molecule has 1 aromatic heterocycles. The molecule has 4 aromatic carbocycles. The van der Waals surface area contributed by atoms with Gasteiger partial charge in [-0.2, -0.15) is 18.4 Å². The van der Waals surface area contributed by atoms with E-state index >= 15 is 0 Å². The molecule has 1 N–H and O–H groups in total. The number of halogens is 3. The first-order valence-electron chi connectivity index (χ1n) is 15.7. The average molecular weight is 667 g/mol. The van der Waals surface area contributed by atoms with Crippen LogP contribution in [0.5, 0.6) is 0 Å². The zero-order chi connectivity index (χ0) is 35.1. The number of rotatable bonds is 8. The van der Waals surface area contributed by atoms with Crippen molar-refractivity contribution in [1.82, 2.24) is 15.2 Å². The van der Waals surface area contributed by atoms with Crippen molar-refractivity contribution in [2.75, 3.05) is 13.1 Å².